The average molecular weight is 274 g/mol. The van der Waals surface area contributed by atoms with Crippen LogP contribution >= 0.6 is 0 Å². The summed E-state index contributed by atoms with van der Waals surface area (Å²) in [7, 11) is 0. The predicted molar refractivity (Wildman–Crippen MR) is 75.9 cm³/mol. The van der Waals surface area contributed by atoms with Crippen molar-refractivity contribution in [3.63, 3.8) is 0 Å². The highest BCUT2D eigenvalue weighted by Gasteiger charge is 2.09. The Morgan fingerprint density at radius 1 is 1.20 bits per heavy atom. The molecule has 2 rings (SSSR count). The van der Waals surface area contributed by atoms with Crippen LogP contribution in [0.15, 0.2) is 42.6 Å². The number of halogens is 1. The third-order valence-corrected chi connectivity index (χ3v) is 2.62. The van der Waals surface area contributed by atoms with E-state index in [0.717, 1.165) is 0 Å². The number of nitrogens with one attached hydrogen (secondary N) is 2. The van der Waals surface area contributed by atoms with Crippen LogP contribution in [-0.2, 0) is 0 Å². The van der Waals surface area contributed by atoms with Crippen molar-refractivity contribution in [2.45, 2.75) is 0 Å². The van der Waals surface area contributed by atoms with Gasteiger partial charge in [0.05, 0.1) is 17.4 Å². The Hall–Kier alpha value is -2.63. The smallest absolute Gasteiger partial charge is 0.254 e. The number of anilines is 2. The molecular formula is C14H15FN4O. The van der Waals surface area contributed by atoms with Gasteiger partial charge in [-0.05, 0) is 24.3 Å². The molecule has 5 nitrogen and oxygen atoms in total. The summed E-state index contributed by atoms with van der Waals surface area (Å²) in [6.45, 7) is 0.844. The monoisotopic (exact) mass is 274 g/mol. The van der Waals surface area contributed by atoms with Crippen molar-refractivity contribution in [1.29, 1.82) is 0 Å². The van der Waals surface area contributed by atoms with E-state index in [4.69, 9.17) is 5.73 Å². The summed E-state index contributed by atoms with van der Waals surface area (Å²) in [6.07, 6.45) is 1.54. The minimum atomic E-state index is -0.529. The lowest BCUT2D eigenvalue weighted by Crippen LogP contribution is -2.29. The molecule has 6 heteroatoms. The molecule has 0 unspecified atom stereocenters. The second-order valence-electron chi connectivity index (χ2n) is 4.14. The quantitative estimate of drug-likeness (QED) is 0.724. The standard InChI is InChI=1S/C14H15FN4O/c15-12-4-2-1-3-11(12)14(20)18-8-7-17-13-6-5-10(16)9-19-13/h1-6,9H,7-8,16H2,(H,17,19)(H,18,20). The van der Waals surface area contributed by atoms with Gasteiger partial charge in [0.2, 0.25) is 0 Å². The van der Waals surface area contributed by atoms with Crippen LogP contribution in [-0.4, -0.2) is 24.0 Å². The van der Waals surface area contributed by atoms with Crippen molar-refractivity contribution < 1.29 is 9.18 Å². The fourth-order valence-electron chi connectivity index (χ4n) is 1.62. The highest BCUT2D eigenvalue weighted by molar-refractivity contribution is 5.94. The molecule has 20 heavy (non-hydrogen) atoms. The van der Waals surface area contributed by atoms with Gasteiger partial charge >= 0.3 is 0 Å². The summed E-state index contributed by atoms with van der Waals surface area (Å²) in [5.41, 5.74) is 6.14. The second-order valence-corrected chi connectivity index (χ2v) is 4.14. The zero-order chi connectivity index (χ0) is 14.4. The minimum absolute atomic E-state index is 0.0399. The number of benzene rings is 1. The normalized spacial score (nSPS) is 10.1. The van der Waals surface area contributed by atoms with Gasteiger partial charge in [-0.25, -0.2) is 9.37 Å². The topological polar surface area (TPSA) is 80.0 Å². The first-order valence-electron chi connectivity index (χ1n) is 6.15. The molecule has 1 heterocycles. The largest absolute Gasteiger partial charge is 0.397 e. The number of pyridine rings is 1. The van der Waals surface area contributed by atoms with Crippen molar-refractivity contribution >= 4 is 17.4 Å². The lowest BCUT2D eigenvalue weighted by Gasteiger charge is -2.08. The van der Waals surface area contributed by atoms with E-state index in [1.54, 1.807) is 30.5 Å². The number of hydrogen-bond donors (Lipinski definition) is 3. The molecule has 104 valence electrons. The Balaban J connectivity index is 1.77. The molecular weight excluding hydrogens is 259 g/mol. The molecule has 0 bridgehead atoms. The number of nitrogens with zero attached hydrogens (tertiary/aromatic N) is 1. The van der Waals surface area contributed by atoms with Crippen LogP contribution in [0.25, 0.3) is 0 Å². The van der Waals surface area contributed by atoms with E-state index in [9.17, 15) is 9.18 Å². The van der Waals surface area contributed by atoms with Crippen LogP contribution in [0.1, 0.15) is 10.4 Å². The third-order valence-electron chi connectivity index (χ3n) is 2.62. The fourth-order valence-corrected chi connectivity index (χ4v) is 1.62. The number of amides is 1. The van der Waals surface area contributed by atoms with Gasteiger partial charge < -0.3 is 16.4 Å². The van der Waals surface area contributed by atoms with Crippen LogP contribution in [0.4, 0.5) is 15.9 Å². The lowest BCUT2D eigenvalue weighted by molar-refractivity contribution is 0.0951. The Labute approximate surface area is 116 Å². The van der Waals surface area contributed by atoms with Gasteiger partial charge in [0.1, 0.15) is 11.6 Å². The number of nitrogens with two attached hydrogens (primary N) is 1. The summed E-state index contributed by atoms with van der Waals surface area (Å²) >= 11 is 0. The Bertz CT molecular complexity index is 586. The van der Waals surface area contributed by atoms with Crippen molar-refractivity contribution in [1.82, 2.24) is 10.3 Å². The zero-order valence-corrected chi connectivity index (χ0v) is 10.8. The van der Waals surface area contributed by atoms with E-state index in [0.29, 0.717) is 24.6 Å². The van der Waals surface area contributed by atoms with Crippen LogP contribution < -0.4 is 16.4 Å². The molecule has 1 aromatic heterocycles. The Kier molecular flexibility index (Phi) is 4.49. The van der Waals surface area contributed by atoms with Gasteiger partial charge in [-0.15, -0.1) is 0 Å². The number of carbonyl (C=O) groups is 1. The van der Waals surface area contributed by atoms with Crippen LogP contribution in [0.5, 0.6) is 0 Å². The molecule has 0 fully saturated rings. The highest BCUT2D eigenvalue weighted by Crippen LogP contribution is 2.06. The fraction of sp³-hybridized carbons (Fsp3) is 0.143. The van der Waals surface area contributed by atoms with Crippen molar-refractivity contribution in [3.8, 4) is 0 Å². The average Bonchev–Trinajstić information content (AvgIpc) is 2.46. The maximum Gasteiger partial charge on any atom is 0.254 e. The van der Waals surface area contributed by atoms with Crippen molar-refractivity contribution in [2.24, 2.45) is 0 Å². The number of hydrogen-bond acceptors (Lipinski definition) is 4. The summed E-state index contributed by atoms with van der Waals surface area (Å²) in [4.78, 5) is 15.8. The molecule has 0 atom stereocenters. The molecule has 4 N–H and O–H groups in total. The van der Waals surface area contributed by atoms with Crippen molar-refractivity contribution in [2.75, 3.05) is 24.1 Å². The van der Waals surface area contributed by atoms with Crippen molar-refractivity contribution in [3.05, 3.63) is 54.0 Å². The molecule has 0 saturated heterocycles. The number of aromatic nitrogens is 1. The van der Waals surface area contributed by atoms with Gasteiger partial charge in [-0.1, -0.05) is 12.1 Å². The first-order chi connectivity index (χ1) is 9.66. The molecule has 1 aromatic carbocycles. The number of rotatable bonds is 5. The molecule has 0 aliphatic heterocycles. The SMILES string of the molecule is Nc1ccc(NCCNC(=O)c2ccccc2F)nc1. The first kappa shape index (κ1) is 13.8. The van der Waals surface area contributed by atoms with E-state index in [1.807, 2.05) is 0 Å². The predicted octanol–water partition coefficient (Wildman–Crippen LogP) is 1.64. The van der Waals surface area contributed by atoms with E-state index in [2.05, 4.69) is 15.6 Å². The molecule has 0 spiro atoms. The Morgan fingerprint density at radius 3 is 2.70 bits per heavy atom. The zero-order valence-electron chi connectivity index (χ0n) is 10.8. The molecule has 1 amide bonds. The number of carbonyl (C=O) groups excluding carboxylic acids is 1. The van der Waals surface area contributed by atoms with Gasteiger partial charge in [0.15, 0.2) is 0 Å². The third kappa shape index (κ3) is 3.68. The van der Waals surface area contributed by atoms with Crippen LogP contribution in [0.2, 0.25) is 0 Å². The summed E-state index contributed by atoms with van der Waals surface area (Å²) in [6, 6.07) is 9.33. The number of nitrogen functional groups attached to an aromatic ring is 1. The van der Waals surface area contributed by atoms with Gasteiger partial charge in [0, 0.05) is 13.1 Å². The minimum Gasteiger partial charge on any atom is -0.397 e. The highest BCUT2D eigenvalue weighted by atomic mass is 19.1. The maximum absolute atomic E-state index is 13.4. The molecule has 0 aliphatic carbocycles. The van der Waals surface area contributed by atoms with E-state index in [-0.39, 0.29) is 5.56 Å². The Morgan fingerprint density at radius 2 is 2.00 bits per heavy atom. The molecule has 0 radical (unpaired) electrons. The molecule has 2 aromatic rings. The lowest BCUT2D eigenvalue weighted by atomic mass is 10.2. The molecule has 0 aliphatic rings. The van der Waals surface area contributed by atoms with Gasteiger partial charge in [-0.2, -0.15) is 0 Å². The van der Waals surface area contributed by atoms with E-state index < -0.39 is 11.7 Å². The summed E-state index contributed by atoms with van der Waals surface area (Å²) in [5.74, 6) is -0.298. The van der Waals surface area contributed by atoms with Gasteiger partial charge in [-0.3, -0.25) is 4.79 Å². The first-order valence-corrected chi connectivity index (χ1v) is 6.15. The van der Waals surface area contributed by atoms with Crippen LogP contribution in [0.3, 0.4) is 0 Å². The second kappa shape index (κ2) is 6.51. The summed E-state index contributed by atoms with van der Waals surface area (Å²) in [5, 5.41) is 5.65. The molecule has 0 saturated carbocycles. The van der Waals surface area contributed by atoms with E-state index >= 15 is 0 Å². The van der Waals surface area contributed by atoms with Crippen LogP contribution in [0, 0.1) is 5.82 Å². The van der Waals surface area contributed by atoms with E-state index in [1.165, 1.54) is 12.1 Å². The maximum atomic E-state index is 13.4. The van der Waals surface area contributed by atoms with Gasteiger partial charge in [0.25, 0.3) is 5.91 Å². The summed E-state index contributed by atoms with van der Waals surface area (Å²) < 4.78 is 13.4.